The third kappa shape index (κ3) is 5.31. The van der Waals surface area contributed by atoms with Crippen LogP contribution in [0.5, 0.6) is 5.75 Å². The van der Waals surface area contributed by atoms with Gasteiger partial charge in [0.1, 0.15) is 5.75 Å². The van der Waals surface area contributed by atoms with Gasteiger partial charge in [-0.1, -0.05) is 6.42 Å². The number of nitrogens with one attached hydrogen (secondary N) is 2. The van der Waals surface area contributed by atoms with Gasteiger partial charge >= 0.3 is 0 Å². The van der Waals surface area contributed by atoms with Gasteiger partial charge in [0.2, 0.25) is 10.0 Å². The SMILES string of the molecule is COc1ccc(C(=O)NC(=S)Nc2ccc(S(=O)(=O)N3CCCCC3)cc2)cc1. The highest BCUT2D eigenvalue weighted by Crippen LogP contribution is 2.22. The molecule has 0 saturated carbocycles. The monoisotopic (exact) mass is 433 g/mol. The minimum absolute atomic E-state index is 0.123. The maximum absolute atomic E-state index is 12.7. The second-order valence-corrected chi connectivity index (χ2v) is 8.97. The van der Waals surface area contributed by atoms with E-state index in [9.17, 15) is 13.2 Å². The molecule has 0 unspecified atom stereocenters. The number of anilines is 1. The standard InChI is InChI=1S/C20H23N3O4S2/c1-27-17-9-5-15(6-10-17)19(24)22-20(28)21-16-7-11-18(12-8-16)29(25,26)23-13-3-2-4-14-23/h5-12H,2-4,13-14H2,1H3,(H2,21,22,24,28). The van der Waals surface area contributed by atoms with E-state index in [1.807, 2.05) is 0 Å². The molecule has 0 aliphatic carbocycles. The predicted octanol–water partition coefficient (Wildman–Crippen LogP) is 3.00. The second-order valence-electron chi connectivity index (χ2n) is 6.63. The fourth-order valence-electron chi connectivity index (χ4n) is 3.04. The highest BCUT2D eigenvalue weighted by molar-refractivity contribution is 7.89. The van der Waals surface area contributed by atoms with Crippen LogP contribution in [0.2, 0.25) is 0 Å². The zero-order chi connectivity index (χ0) is 20.9. The van der Waals surface area contributed by atoms with Gasteiger partial charge < -0.3 is 10.1 Å². The van der Waals surface area contributed by atoms with E-state index < -0.39 is 10.0 Å². The van der Waals surface area contributed by atoms with Gasteiger partial charge in [-0.25, -0.2) is 8.42 Å². The van der Waals surface area contributed by atoms with Crippen LogP contribution >= 0.6 is 12.2 Å². The summed E-state index contributed by atoms with van der Waals surface area (Å²) in [7, 11) is -1.92. The van der Waals surface area contributed by atoms with E-state index in [1.54, 1.807) is 55.6 Å². The smallest absolute Gasteiger partial charge is 0.257 e. The van der Waals surface area contributed by atoms with Gasteiger partial charge in [0.15, 0.2) is 5.11 Å². The lowest BCUT2D eigenvalue weighted by Crippen LogP contribution is -2.35. The van der Waals surface area contributed by atoms with Crippen molar-refractivity contribution in [1.82, 2.24) is 9.62 Å². The van der Waals surface area contributed by atoms with Gasteiger partial charge in [-0.15, -0.1) is 0 Å². The molecule has 1 saturated heterocycles. The lowest BCUT2D eigenvalue weighted by Gasteiger charge is -2.25. The first-order valence-electron chi connectivity index (χ1n) is 9.27. The molecule has 2 aromatic carbocycles. The van der Waals surface area contributed by atoms with Crippen molar-refractivity contribution < 1.29 is 17.9 Å². The fourth-order valence-corrected chi connectivity index (χ4v) is 4.77. The van der Waals surface area contributed by atoms with Crippen molar-refractivity contribution in [3.05, 3.63) is 54.1 Å². The third-order valence-electron chi connectivity index (χ3n) is 4.64. The van der Waals surface area contributed by atoms with Gasteiger partial charge in [-0.3, -0.25) is 10.1 Å². The van der Waals surface area contributed by atoms with Crippen molar-refractivity contribution >= 4 is 38.9 Å². The van der Waals surface area contributed by atoms with Crippen molar-refractivity contribution in [2.45, 2.75) is 24.2 Å². The number of carbonyl (C=O) groups excluding carboxylic acids is 1. The second kappa shape index (κ2) is 9.34. The van der Waals surface area contributed by atoms with Crippen LogP contribution in [0.4, 0.5) is 5.69 Å². The lowest BCUT2D eigenvalue weighted by molar-refractivity contribution is 0.0977. The first kappa shape index (κ1) is 21.2. The van der Waals surface area contributed by atoms with Gasteiger partial charge in [-0.05, 0) is 73.6 Å². The summed E-state index contributed by atoms with van der Waals surface area (Å²) >= 11 is 5.18. The van der Waals surface area contributed by atoms with Crippen LogP contribution in [-0.4, -0.2) is 43.9 Å². The molecule has 9 heteroatoms. The molecule has 7 nitrogen and oxygen atoms in total. The first-order valence-corrected chi connectivity index (χ1v) is 11.1. The Morgan fingerprint density at radius 1 is 1.00 bits per heavy atom. The van der Waals surface area contributed by atoms with E-state index in [1.165, 1.54) is 4.31 Å². The molecule has 1 fully saturated rings. The Hall–Kier alpha value is -2.49. The minimum Gasteiger partial charge on any atom is -0.497 e. The van der Waals surface area contributed by atoms with E-state index in [2.05, 4.69) is 10.6 Å². The zero-order valence-electron chi connectivity index (χ0n) is 16.1. The largest absolute Gasteiger partial charge is 0.497 e. The van der Waals surface area contributed by atoms with E-state index in [-0.39, 0.29) is 15.9 Å². The van der Waals surface area contributed by atoms with Crippen LogP contribution in [0.1, 0.15) is 29.6 Å². The Kier molecular flexibility index (Phi) is 6.83. The molecule has 1 aliphatic heterocycles. The number of nitrogens with zero attached hydrogens (tertiary/aromatic N) is 1. The molecular formula is C20H23N3O4S2. The summed E-state index contributed by atoms with van der Waals surface area (Å²) in [6.45, 7) is 1.12. The summed E-state index contributed by atoms with van der Waals surface area (Å²) in [5, 5.41) is 5.61. The number of hydrogen-bond donors (Lipinski definition) is 2. The van der Waals surface area contributed by atoms with Crippen LogP contribution < -0.4 is 15.4 Å². The number of rotatable bonds is 5. The van der Waals surface area contributed by atoms with Crippen molar-refractivity contribution in [2.24, 2.45) is 0 Å². The van der Waals surface area contributed by atoms with Crippen molar-refractivity contribution in [1.29, 1.82) is 0 Å². The number of carbonyl (C=O) groups is 1. The molecule has 0 spiro atoms. The maximum Gasteiger partial charge on any atom is 0.257 e. The summed E-state index contributed by atoms with van der Waals surface area (Å²) in [5.74, 6) is 0.302. The summed E-state index contributed by atoms with van der Waals surface area (Å²) in [6, 6.07) is 13.0. The quantitative estimate of drug-likeness (QED) is 0.705. The van der Waals surface area contributed by atoms with Gasteiger partial charge in [0.05, 0.1) is 12.0 Å². The first-order chi connectivity index (χ1) is 13.9. The van der Waals surface area contributed by atoms with Crippen molar-refractivity contribution in [3.8, 4) is 5.75 Å². The number of benzene rings is 2. The van der Waals surface area contributed by atoms with E-state index in [0.29, 0.717) is 30.1 Å². The molecule has 0 bridgehead atoms. The number of sulfonamides is 1. The molecule has 29 heavy (non-hydrogen) atoms. The average Bonchev–Trinajstić information content (AvgIpc) is 2.74. The minimum atomic E-state index is -3.48. The Balaban J connectivity index is 1.60. The van der Waals surface area contributed by atoms with Crippen molar-refractivity contribution in [3.63, 3.8) is 0 Å². The van der Waals surface area contributed by atoms with Crippen LogP contribution in [0, 0.1) is 0 Å². The number of methoxy groups -OCH3 is 1. The fraction of sp³-hybridized carbons (Fsp3) is 0.300. The molecule has 2 N–H and O–H groups in total. The lowest BCUT2D eigenvalue weighted by atomic mass is 10.2. The molecule has 1 heterocycles. The van der Waals surface area contributed by atoms with Gasteiger partial charge in [0, 0.05) is 24.3 Å². The topological polar surface area (TPSA) is 87.7 Å². The van der Waals surface area contributed by atoms with E-state index in [4.69, 9.17) is 17.0 Å². The number of amides is 1. The zero-order valence-corrected chi connectivity index (χ0v) is 17.7. The number of thiocarbonyl (C=S) groups is 1. The van der Waals surface area contributed by atoms with Crippen molar-refractivity contribution in [2.75, 3.05) is 25.5 Å². The molecule has 1 amide bonds. The van der Waals surface area contributed by atoms with Crippen LogP contribution in [0.25, 0.3) is 0 Å². The Labute approximate surface area is 176 Å². The maximum atomic E-state index is 12.7. The summed E-state index contributed by atoms with van der Waals surface area (Å²) in [6.07, 6.45) is 2.84. The summed E-state index contributed by atoms with van der Waals surface area (Å²) in [5.41, 5.74) is 1.03. The number of ether oxygens (including phenoxy) is 1. The number of piperidine rings is 1. The molecule has 0 radical (unpaired) electrons. The molecule has 2 aromatic rings. The number of hydrogen-bond acceptors (Lipinski definition) is 5. The van der Waals surface area contributed by atoms with Crippen LogP contribution in [-0.2, 0) is 10.0 Å². The van der Waals surface area contributed by atoms with Crippen LogP contribution in [0.15, 0.2) is 53.4 Å². The highest BCUT2D eigenvalue weighted by atomic mass is 32.2. The van der Waals surface area contributed by atoms with E-state index >= 15 is 0 Å². The van der Waals surface area contributed by atoms with Gasteiger partial charge in [0.25, 0.3) is 5.91 Å². The average molecular weight is 434 g/mol. The highest BCUT2D eigenvalue weighted by Gasteiger charge is 2.25. The molecule has 0 atom stereocenters. The molecular weight excluding hydrogens is 410 g/mol. The Morgan fingerprint density at radius 2 is 1.62 bits per heavy atom. The summed E-state index contributed by atoms with van der Waals surface area (Å²) < 4.78 is 32.0. The third-order valence-corrected chi connectivity index (χ3v) is 6.76. The molecule has 0 aromatic heterocycles. The summed E-state index contributed by atoms with van der Waals surface area (Å²) in [4.78, 5) is 12.5. The Bertz CT molecular complexity index is 968. The van der Waals surface area contributed by atoms with Gasteiger partial charge in [-0.2, -0.15) is 4.31 Å². The molecule has 3 rings (SSSR count). The molecule has 154 valence electrons. The predicted molar refractivity (Wildman–Crippen MR) is 116 cm³/mol. The van der Waals surface area contributed by atoms with E-state index in [0.717, 1.165) is 19.3 Å². The van der Waals surface area contributed by atoms with Crippen LogP contribution in [0.3, 0.4) is 0 Å². The Morgan fingerprint density at radius 3 is 2.21 bits per heavy atom. The molecule has 1 aliphatic rings. The normalized spacial score (nSPS) is 14.8.